The van der Waals surface area contributed by atoms with Crippen LogP contribution in [0.3, 0.4) is 0 Å². The van der Waals surface area contributed by atoms with Gasteiger partial charge >= 0.3 is 6.09 Å². The van der Waals surface area contributed by atoms with Crippen LogP contribution in [0.25, 0.3) is 0 Å². The zero-order valence-corrected chi connectivity index (χ0v) is 16.8. The highest BCUT2D eigenvalue weighted by Gasteiger charge is 2.18. The molecule has 0 spiro atoms. The Kier molecular flexibility index (Phi) is 7.08. The summed E-state index contributed by atoms with van der Waals surface area (Å²) in [6.07, 6.45) is 1.02. The van der Waals surface area contributed by atoms with Crippen molar-refractivity contribution in [2.45, 2.75) is 26.0 Å². The predicted molar refractivity (Wildman–Crippen MR) is 109 cm³/mol. The Labute approximate surface area is 175 Å². The van der Waals surface area contributed by atoms with E-state index in [1.54, 1.807) is 0 Å². The molecule has 0 saturated carbocycles. The lowest BCUT2D eigenvalue weighted by Crippen LogP contribution is -2.41. The highest BCUT2D eigenvalue weighted by atomic mass is 32.1. The van der Waals surface area contributed by atoms with Gasteiger partial charge < -0.3 is 15.4 Å². The number of hydrogen-bond acceptors (Lipinski definition) is 5. The van der Waals surface area contributed by atoms with E-state index in [0.29, 0.717) is 15.6 Å². The lowest BCUT2D eigenvalue weighted by atomic mass is 10.1. The van der Waals surface area contributed by atoms with Gasteiger partial charge in [-0.15, -0.1) is 11.3 Å². The number of amides is 2. The number of anilines is 1. The molecule has 0 bridgehead atoms. The van der Waals surface area contributed by atoms with Gasteiger partial charge in [-0.2, -0.15) is 0 Å². The van der Waals surface area contributed by atoms with E-state index in [2.05, 4.69) is 15.6 Å². The second-order valence-electron chi connectivity index (χ2n) is 6.46. The first-order chi connectivity index (χ1) is 14.4. The van der Waals surface area contributed by atoms with E-state index in [4.69, 9.17) is 4.74 Å². The molecule has 0 aliphatic rings. The second-order valence-corrected chi connectivity index (χ2v) is 7.58. The van der Waals surface area contributed by atoms with Crippen LogP contribution in [0.4, 0.5) is 18.7 Å². The average molecular weight is 431 g/mol. The summed E-state index contributed by atoms with van der Waals surface area (Å²) in [6, 6.07) is 11.7. The molecule has 2 N–H and O–H groups in total. The summed E-state index contributed by atoms with van der Waals surface area (Å²) in [5.41, 5.74) is 1.16. The predicted octanol–water partition coefficient (Wildman–Crippen LogP) is 4.27. The Bertz CT molecular complexity index is 1030. The Morgan fingerprint density at radius 2 is 1.93 bits per heavy atom. The fourth-order valence-corrected chi connectivity index (χ4v) is 3.36. The second kappa shape index (κ2) is 9.93. The molecule has 2 amide bonds. The largest absolute Gasteiger partial charge is 0.445 e. The number of ether oxygens (including phenoxy) is 1. The lowest BCUT2D eigenvalue weighted by molar-refractivity contribution is -0.117. The maximum absolute atomic E-state index is 13.8. The van der Waals surface area contributed by atoms with Gasteiger partial charge in [0.2, 0.25) is 5.91 Å². The molecule has 1 aromatic heterocycles. The molecule has 0 aliphatic heterocycles. The van der Waals surface area contributed by atoms with Crippen molar-refractivity contribution in [3.8, 4) is 0 Å². The number of benzene rings is 2. The Hall–Kier alpha value is -3.33. The van der Waals surface area contributed by atoms with E-state index in [1.165, 1.54) is 36.6 Å². The number of nitrogens with zero attached hydrogens (tertiary/aromatic N) is 1. The number of carbonyl (C=O) groups is 2. The van der Waals surface area contributed by atoms with Gasteiger partial charge in [0.15, 0.2) is 5.13 Å². The molecule has 1 atom stereocenters. The van der Waals surface area contributed by atoms with Crippen molar-refractivity contribution in [3.63, 3.8) is 0 Å². The third kappa shape index (κ3) is 6.08. The van der Waals surface area contributed by atoms with Crippen molar-refractivity contribution in [1.82, 2.24) is 10.3 Å². The summed E-state index contributed by atoms with van der Waals surface area (Å²) >= 11 is 1.17. The minimum Gasteiger partial charge on any atom is -0.445 e. The van der Waals surface area contributed by atoms with E-state index < -0.39 is 29.7 Å². The van der Waals surface area contributed by atoms with Crippen LogP contribution >= 0.6 is 11.3 Å². The van der Waals surface area contributed by atoms with Crippen molar-refractivity contribution in [2.24, 2.45) is 0 Å². The molecular formula is C21H19F2N3O3S. The standard InChI is InChI=1S/C21H19F2N3O3S/c1-13(25-21(28)29-12-14-5-3-2-4-6-14)19(27)26-20-24-11-17(30-20)9-15-7-8-16(22)10-18(15)23/h2-8,10-11,13H,9,12H2,1H3,(H,25,28)(H,24,26,27)/t13-/m0/s1. The fraction of sp³-hybridized carbons (Fsp3) is 0.190. The zero-order chi connectivity index (χ0) is 21.5. The van der Waals surface area contributed by atoms with Crippen LogP contribution in [0.5, 0.6) is 0 Å². The molecule has 3 rings (SSSR count). The van der Waals surface area contributed by atoms with Crippen LogP contribution in [-0.2, 0) is 22.6 Å². The summed E-state index contributed by atoms with van der Waals surface area (Å²) in [7, 11) is 0. The molecular weight excluding hydrogens is 412 g/mol. The summed E-state index contributed by atoms with van der Waals surface area (Å²) in [5, 5.41) is 5.35. The molecule has 0 fully saturated rings. The van der Waals surface area contributed by atoms with E-state index in [-0.39, 0.29) is 13.0 Å². The highest BCUT2D eigenvalue weighted by Crippen LogP contribution is 2.23. The van der Waals surface area contributed by atoms with Gasteiger partial charge in [-0.25, -0.2) is 18.6 Å². The number of alkyl carbamates (subject to hydrolysis) is 1. The topological polar surface area (TPSA) is 80.3 Å². The monoisotopic (exact) mass is 431 g/mol. The number of thiazole rings is 1. The smallest absolute Gasteiger partial charge is 0.408 e. The maximum Gasteiger partial charge on any atom is 0.408 e. The third-order valence-corrected chi connectivity index (χ3v) is 5.02. The first kappa shape index (κ1) is 21.4. The Morgan fingerprint density at radius 1 is 1.17 bits per heavy atom. The van der Waals surface area contributed by atoms with Crippen LogP contribution in [0.15, 0.2) is 54.7 Å². The molecule has 30 heavy (non-hydrogen) atoms. The molecule has 2 aromatic carbocycles. The van der Waals surface area contributed by atoms with E-state index in [9.17, 15) is 18.4 Å². The van der Waals surface area contributed by atoms with E-state index in [1.807, 2.05) is 30.3 Å². The summed E-state index contributed by atoms with van der Waals surface area (Å²) in [4.78, 5) is 28.9. The molecule has 6 nitrogen and oxygen atoms in total. The van der Waals surface area contributed by atoms with Gasteiger partial charge in [-0.1, -0.05) is 36.4 Å². The van der Waals surface area contributed by atoms with Crippen LogP contribution in [0, 0.1) is 11.6 Å². The minimum atomic E-state index is -0.852. The van der Waals surface area contributed by atoms with Crippen LogP contribution in [0.1, 0.15) is 22.9 Å². The first-order valence-electron chi connectivity index (χ1n) is 9.07. The molecule has 1 heterocycles. The van der Waals surface area contributed by atoms with Gasteiger partial charge in [0.1, 0.15) is 24.3 Å². The summed E-state index contributed by atoms with van der Waals surface area (Å²) in [6.45, 7) is 1.61. The third-order valence-electron chi connectivity index (χ3n) is 4.10. The van der Waals surface area contributed by atoms with Gasteiger partial charge in [-0.3, -0.25) is 4.79 Å². The van der Waals surface area contributed by atoms with Gasteiger partial charge in [0.05, 0.1) is 0 Å². The number of carbonyl (C=O) groups excluding carboxylic acids is 2. The van der Waals surface area contributed by atoms with Crippen molar-refractivity contribution >= 4 is 28.5 Å². The highest BCUT2D eigenvalue weighted by molar-refractivity contribution is 7.15. The van der Waals surface area contributed by atoms with Gasteiger partial charge in [0, 0.05) is 23.6 Å². The van der Waals surface area contributed by atoms with Crippen LogP contribution in [-0.4, -0.2) is 23.0 Å². The Balaban J connectivity index is 1.48. The first-order valence-corrected chi connectivity index (χ1v) is 9.89. The number of nitrogens with one attached hydrogen (secondary N) is 2. The number of rotatable bonds is 7. The molecule has 0 radical (unpaired) electrons. The van der Waals surface area contributed by atoms with Gasteiger partial charge in [0.25, 0.3) is 0 Å². The zero-order valence-electron chi connectivity index (χ0n) is 16.0. The van der Waals surface area contributed by atoms with E-state index >= 15 is 0 Å². The SMILES string of the molecule is C[C@H](NC(=O)OCc1ccccc1)C(=O)Nc1ncc(Cc2ccc(F)cc2F)s1. The lowest BCUT2D eigenvalue weighted by Gasteiger charge is -2.13. The number of halogens is 2. The van der Waals surface area contributed by atoms with Gasteiger partial charge in [-0.05, 0) is 24.1 Å². The van der Waals surface area contributed by atoms with Crippen molar-refractivity contribution in [1.29, 1.82) is 0 Å². The van der Waals surface area contributed by atoms with Crippen LogP contribution < -0.4 is 10.6 Å². The fourth-order valence-electron chi connectivity index (χ4n) is 2.52. The van der Waals surface area contributed by atoms with Crippen molar-refractivity contribution in [2.75, 3.05) is 5.32 Å². The van der Waals surface area contributed by atoms with Crippen molar-refractivity contribution in [3.05, 3.63) is 82.4 Å². The number of aromatic nitrogens is 1. The number of hydrogen-bond donors (Lipinski definition) is 2. The summed E-state index contributed by atoms with van der Waals surface area (Å²) in [5.74, 6) is -1.75. The van der Waals surface area contributed by atoms with E-state index in [0.717, 1.165) is 11.6 Å². The molecule has 0 saturated heterocycles. The molecule has 3 aromatic rings. The summed E-state index contributed by atoms with van der Waals surface area (Å²) < 4.78 is 31.9. The van der Waals surface area contributed by atoms with Crippen molar-refractivity contribution < 1.29 is 23.1 Å². The molecule has 156 valence electrons. The molecule has 9 heteroatoms. The average Bonchev–Trinajstić information content (AvgIpc) is 3.16. The Morgan fingerprint density at radius 3 is 2.67 bits per heavy atom. The molecule has 0 aliphatic carbocycles. The maximum atomic E-state index is 13.8. The normalized spacial score (nSPS) is 11.6. The minimum absolute atomic E-state index is 0.0940. The quantitative estimate of drug-likeness (QED) is 0.586. The molecule has 0 unspecified atom stereocenters. The van der Waals surface area contributed by atoms with Crippen LogP contribution in [0.2, 0.25) is 0 Å².